The molecule has 0 saturated heterocycles. The first-order valence-electron chi connectivity index (χ1n) is 10.1. The van der Waals surface area contributed by atoms with E-state index in [9.17, 15) is 13.2 Å². The van der Waals surface area contributed by atoms with Gasteiger partial charge in [-0.05, 0) is 31.4 Å². The first-order chi connectivity index (χ1) is 15.4. The monoisotopic (exact) mass is 473 g/mol. The van der Waals surface area contributed by atoms with Crippen molar-refractivity contribution in [2.45, 2.75) is 37.4 Å². The molecule has 4 rings (SSSR count). The summed E-state index contributed by atoms with van der Waals surface area (Å²) in [5.74, 6) is -0.273. The quantitative estimate of drug-likeness (QED) is 0.486. The van der Waals surface area contributed by atoms with Crippen LogP contribution in [0.15, 0.2) is 42.0 Å². The predicted molar refractivity (Wildman–Crippen MR) is 123 cm³/mol. The fourth-order valence-electron chi connectivity index (χ4n) is 3.14. The summed E-state index contributed by atoms with van der Waals surface area (Å²) >= 11 is 1.19. The van der Waals surface area contributed by atoms with E-state index in [0.29, 0.717) is 47.3 Å². The van der Waals surface area contributed by atoms with E-state index in [1.807, 2.05) is 19.1 Å². The van der Waals surface area contributed by atoms with Gasteiger partial charge in [-0.3, -0.25) is 14.5 Å². The van der Waals surface area contributed by atoms with Crippen molar-refractivity contribution >= 4 is 38.1 Å². The molecule has 1 fully saturated rings. The minimum atomic E-state index is -3.38. The van der Waals surface area contributed by atoms with E-state index in [4.69, 9.17) is 4.74 Å². The number of nitrogens with one attached hydrogen (secondary N) is 2. The van der Waals surface area contributed by atoms with Crippen LogP contribution in [0, 0.1) is 0 Å². The molecule has 0 aliphatic heterocycles. The van der Waals surface area contributed by atoms with Gasteiger partial charge in [-0.25, -0.2) is 18.4 Å². The van der Waals surface area contributed by atoms with Crippen LogP contribution in [0.25, 0.3) is 11.3 Å². The number of carbonyl (C=O) groups excluding carboxylic acids is 1. The van der Waals surface area contributed by atoms with Gasteiger partial charge in [0.15, 0.2) is 5.13 Å². The molecule has 2 N–H and O–H groups in total. The van der Waals surface area contributed by atoms with Crippen molar-refractivity contribution in [3.05, 3.63) is 47.7 Å². The van der Waals surface area contributed by atoms with Gasteiger partial charge in [0, 0.05) is 16.6 Å². The normalized spacial score (nSPS) is 14.6. The van der Waals surface area contributed by atoms with E-state index in [0.717, 1.165) is 5.56 Å². The van der Waals surface area contributed by atoms with Crippen LogP contribution in [0.5, 0.6) is 5.88 Å². The summed E-state index contributed by atoms with van der Waals surface area (Å²) in [6.45, 7) is 1.89. The Hall–Kier alpha value is -3.05. The van der Waals surface area contributed by atoms with Crippen molar-refractivity contribution in [2.75, 3.05) is 17.1 Å². The minimum Gasteiger partial charge on any atom is -0.480 e. The second-order valence-corrected chi connectivity index (χ2v) is 10.2. The maximum Gasteiger partial charge on any atom is 0.237 e. The van der Waals surface area contributed by atoms with Gasteiger partial charge in [-0.15, -0.1) is 11.3 Å². The van der Waals surface area contributed by atoms with Crippen molar-refractivity contribution in [2.24, 2.45) is 0 Å². The average Bonchev–Trinajstić information content (AvgIpc) is 3.57. The number of anilines is 2. The number of carbonyl (C=O) groups is 1. The summed E-state index contributed by atoms with van der Waals surface area (Å²) in [7, 11) is -1.85. The number of methoxy groups -OCH3 is 1. The van der Waals surface area contributed by atoms with E-state index in [1.54, 1.807) is 23.7 Å². The Morgan fingerprint density at radius 3 is 2.62 bits per heavy atom. The fraction of sp³-hybridized carbons (Fsp3) is 0.333. The standard InChI is InChI=1S/C21H23N5O4S2/c1-3-16(18-12-31-21(25-18)26-32(28,29)15-8-9-15)20(27)23-14-6-4-13(5-7-14)17-10-22-11-19(24-17)30-2/h4-7,10-12,15-16H,3,8-9H2,1-2H3,(H,23,27)(H,25,26). The summed E-state index contributed by atoms with van der Waals surface area (Å²) in [6.07, 6.45) is 5.06. The van der Waals surface area contributed by atoms with Crippen LogP contribution < -0.4 is 14.8 Å². The third-order valence-corrected chi connectivity index (χ3v) is 7.80. The number of sulfonamides is 1. The lowest BCUT2D eigenvalue weighted by molar-refractivity contribution is -0.117. The van der Waals surface area contributed by atoms with E-state index in [-0.39, 0.29) is 11.2 Å². The number of thiazole rings is 1. The van der Waals surface area contributed by atoms with Crippen molar-refractivity contribution < 1.29 is 17.9 Å². The molecular formula is C21H23N5O4S2. The van der Waals surface area contributed by atoms with Crippen molar-refractivity contribution in [3.63, 3.8) is 0 Å². The molecular weight excluding hydrogens is 450 g/mol. The van der Waals surface area contributed by atoms with E-state index < -0.39 is 15.9 Å². The molecule has 1 aliphatic rings. The minimum absolute atomic E-state index is 0.205. The topological polar surface area (TPSA) is 123 Å². The maximum atomic E-state index is 12.9. The zero-order chi connectivity index (χ0) is 22.7. The van der Waals surface area contributed by atoms with Crippen LogP contribution in [0.1, 0.15) is 37.8 Å². The SMILES string of the molecule is CCC(C(=O)Nc1ccc(-c2cncc(OC)n2)cc1)c1csc(NS(=O)(=O)C2CC2)n1. The number of hydrogen-bond acceptors (Lipinski definition) is 8. The number of ether oxygens (including phenoxy) is 1. The Balaban J connectivity index is 1.43. The van der Waals surface area contributed by atoms with Crippen LogP contribution in [-0.4, -0.2) is 41.6 Å². The number of hydrogen-bond donors (Lipinski definition) is 2. The van der Waals surface area contributed by atoms with Crippen molar-refractivity contribution in [1.82, 2.24) is 15.0 Å². The van der Waals surface area contributed by atoms with Gasteiger partial charge in [0.2, 0.25) is 21.8 Å². The first-order valence-corrected chi connectivity index (χ1v) is 12.6. The summed E-state index contributed by atoms with van der Waals surface area (Å²) in [6, 6.07) is 7.26. The van der Waals surface area contributed by atoms with E-state index in [1.165, 1.54) is 24.6 Å². The predicted octanol–water partition coefficient (Wildman–Crippen LogP) is 3.65. The number of rotatable bonds is 9. The molecule has 3 aromatic rings. The summed E-state index contributed by atoms with van der Waals surface area (Å²) in [4.78, 5) is 25.7. The second kappa shape index (κ2) is 9.21. The van der Waals surface area contributed by atoms with Gasteiger partial charge in [0.05, 0.1) is 42.1 Å². The van der Waals surface area contributed by atoms with Crippen molar-refractivity contribution in [1.29, 1.82) is 0 Å². The molecule has 1 aromatic carbocycles. The molecule has 0 spiro atoms. The molecule has 1 aliphatic carbocycles. The highest BCUT2D eigenvalue weighted by Gasteiger charge is 2.36. The zero-order valence-electron chi connectivity index (χ0n) is 17.6. The van der Waals surface area contributed by atoms with Gasteiger partial charge in [-0.1, -0.05) is 19.1 Å². The highest BCUT2D eigenvalue weighted by Crippen LogP contribution is 2.32. The molecule has 11 heteroatoms. The molecule has 1 saturated carbocycles. The van der Waals surface area contributed by atoms with Gasteiger partial charge < -0.3 is 10.1 Å². The molecule has 0 radical (unpaired) electrons. The maximum absolute atomic E-state index is 12.9. The fourth-order valence-corrected chi connectivity index (χ4v) is 5.51. The lowest BCUT2D eigenvalue weighted by Crippen LogP contribution is -2.21. The Morgan fingerprint density at radius 1 is 1.22 bits per heavy atom. The van der Waals surface area contributed by atoms with E-state index in [2.05, 4.69) is 25.0 Å². The Morgan fingerprint density at radius 2 is 1.97 bits per heavy atom. The third kappa shape index (κ3) is 5.05. The van der Waals surface area contributed by atoms with Crippen molar-refractivity contribution in [3.8, 4) is 17.1 Å². The lowest BCUT2D eigenvalue weighted by Gasteiger charge is -2.13. The summed E-state index contributed by atoms with van der Waals surface area (Å²) in [5, 5.41) is 4.60. The zero-order valence-corrected chi connectivity index (χ0v) is 19.2. The van der Waals surface area contributed by atoms with E-state index >= 15 is 0 Å². The average molecular weight is 474 g/mol. The lowest BCUT2D eigenvalue weighted by atomic mass is 10.0. The van der Waals surface area contributed by atoms with Gasteiger partial charge in [0.25, 0.3) is 0 Å². The summed E-state index contributed by atoms with van der Waals surface area (Å²) < 4.78 is 31.9. The number of benzene rings is 1. The number of amides is 1. The molecule has 0 bridgehead atoms. The van der Waals surface area contributed by atoms with Gasteiger partial charge in [-0.2, -0.15) is 0 Å². The van der Waals surface area contributed by atoms with Crippen LogP contribution in [0.4, 0.5) is 10.8 Å². The van der Waals surface area contributed by atoms with Crippen LogP contribution in [-0.2, 0) is 14.8 Å². The molecule has 1 atom stereocenters. The highest BCUT2D eigenvalue weighted by atomic mass is 32.2. The molecule has 2 heterocycles. The molecule has 1 unspecified atom stereocenters. The molecule has 9 nitrogen and oxygen atoms in total. The molecule has 32 heavy (non-hydrogen) atoms. The molecule has 1 amide bonds. The van der Waals surface area contributed by atoms with Crippen LogP contribution in [0.2, 0.25) is 0 Å². The van der Waals surface area contributed by atoms with Gasteiger partial charge in [0.1, 0.15) is 0 Å². The number of aromatic nitrogens is 3. The largest absolute Gasteiger partial charge is 0.480 e. The molecule has 168 valence electrons. The Kier molecular flexibility index (Phi) is 6.38. The van der Waals surface area contributed by atoms with Gasteiger partial charge >= 0.3 is 0 Å². The highest BCUT2D eigenvalue weighted by molar-refractivity contribution is 7.93. The second-order valence-electron chi connectivity index (χ2n) is 7.40. The number of nitrogens with zero attached hydrogens (tertiary/aromatic N) is 3. The Bertz CT molecular complexity index is 1210. The Labute approximate surface area is 190 Å². The first kappa shape index (κ1) is 22.2. The van der Waals surface area contributed by atoms with Crippen LogP contribution in [0.3, 0.4) is 0 Å². The third-order valence-electron chi connectivity index (χ3n) is 5.07. The smallest absolute Gasteiger partial charge is 0.237 e. The molecule has 2 aromatic heterocycles. The summed E-state index contributed by atoms with van der Waals surface area (Å²) in [5.41, 5.74) is 2.69. The van der Waals surface area contributed by atoms with Crippen LogP contribution >= 0.6 is 11.3 Å².